The van der Waals surface area contributed by atoms with Crippen molar-refractivity contribution in [1.82, 2.24) is 4.98 Å². The Morgan fingerprint density at radius 3 is 2.43 bits per heavy atom. The minimum absolute atomic E-state index is 0.269. The number of aromatic nitrogens is 1. The third-order valence-electron chi connectivity index (χ3n) is 5.69. The number of fused-ring (bicyclic) bond motifs is 1. The van der Waals surface area contributed by atoms with Gasteiger partial charge in [-0.05, 0) is 69.2 Å². The normalized spacial score (nSPS) is 10.9. The maximum absolute atomic E-state index is 13.6. The number of rotatable bonds is 8. The van der Waals surface area contributed by atoms with Crippen LogP contribution in [0, 0.1) is 6.92 Å². The molecular formula is C28H28N2O4S. The summed E-state index contributed by atoms with van der Waals surface area (Å²) in [5, 5.41) is 4.23. The lowest BCUT2D eigenvalue weighted by Crippen LogP contribution is -2.16. The predicted molar refractivity (Wildman–Crippen MR) is 141 cm³/mol. The molecular weight excluding hydrogens is 460 g/mol. The smallest absolute Gasteiger partial charge is 0.341 e. The first-order chi connectivity index (χ1) is 17.0. The van der Waals surface area contributed by atoms with E-state index in [1.54, 1.807) is 13.0 Å². The lowest BCUT2D eigenvalue weighted by molar-refractivity contribution is 0.0527. The molecule has 0 radical (unpaired) electrons. The van der Waals surface area contributed by atoms with E-state index in [1.165, 1.54) is 11.3 Å². The topological polar surface area (TPSA) is 77.5 Å². The molecule has 0 saturated carbocycles. The van der Waals surface area contributed by atoms with Crippen LogP contribution in [0.4, 0.5) is 5.00 Å². The number of pyridine rings is 1. The number of nitrogens with one attached hydrogen (secondary N) is 1. The number of aryl methyl sites for hydroxylation is 1. The fourth-order valence-corrected chi connectivity index (χ4v) is 5.21. The van der Waals surface area contributed by atoms with E-state index in [-0.39, 0.29) is 12.5 Å². The molecule has 4 aromatic rings. The van der Waals surface area contributed by atoms with E-state index in [2.05, 4.69) is 5.32 Å². The summed E-state index contributed by atoms with van der Waals surface area (Å²) in [7, 11) is 0. The Morgan fingerprint density at radius 1 is 1.00 bits per heavy atom. The lowest BCUT2D eigenvalue weighted by atomic mass is 10.0. The summed E-state index contributed by atoms with van der Waals surface area (Å²) in [6, 6.07) is 17.0. The third kappa shape index (κ3) is 5.05. The Morgan fingerprint density at radius 2 is 1.74 bits per heavy atom. The van der Waals surface area contributed by atoms with E-state index in [0.29, 0.717) is 40.4 Å². The summed E-state index contributed by atoms with van der Waals surface area (Å²) in [4.78, 5) is 32.1. The molecule has 0 saturated heterocycles. The number of benzene rings is 2. The number of anilines is 1. The monoisotopic (exact) mass is 488 g/mol. The number of para-hydroxylation sites is 1. The number of ether oxygens (including phenoxy) is 2. The van der Waals surface area contributed by atoms with Gasteiger partial charge in [-0.25, -0.2) is 9.78 Å². The van der Waals surface area contributed by atoms with Crippen LogP contribution in [-0.2, 0) is 11.2 Å². The maximum Gasteiger partial charge on any atom is 0.341 e. The number of carbonyl (C=O) groups excluding carboxylic acids is 2. The highest BCUT2D eigenvalue weighted by Gasteiger charge is 2.24. The van der Waals surface area contributed by atoms with Crippen LogP contribution in [0.25, 0.3) is 22.2 Å². The second-order valence-corrected chi connectivity index (χ2v) is 9.12. The first kappa shape index (κ1) is 24.4. The molecule has 4 rings (SSSR count). The summed E-state index contributed by atoms with van der Waals surface area (Å²) < 4.78 is 10.8. The zero-order valence-corrected chi connectivity index (χ0v) is 21.1. The van der Waals surface area contributed by atoms with Gasteiger partial charge in [0, 0.05) is 15.8 Å². The largest absolute Gasteiger partial charge is 0.494 e. The van der Waals surface area contributed by atoms with Crippen molar-refractivity contribution in [3.8, 4) is 17.0 Å². The van der Waals surface area contributed by atoms with E-state index in [0.717, 1.165) is 27.1 Å². The van der Waals surface area contributed by atoms with Gasteiger partial charge in [0.25, 0.3) is 5.91 Å². The van der Waals surface area contributed by atoms with E-state index in [4.69, 9.17) is 14.5 Å². The molecule has 0 unspecified atom stereocenters. The summed E-state index contributed by atoms with van der Waals surface area (Å²) in [5.41, 5.74) is 4.10. The SMILES string of the molecule is CCOC(=O)c1c(NC(=O)c2cc(-c3ccc(OCC)cc3)nc3ccccc23)sc(C)c1CC. The number of carbonyl (C=O) groups is 2. The molecule has 0 aliphatic rings. The maximum atomic E-state index is 13.6. The Hall–Kier alpha value is -3.71. The molecule has 0 aliphatic heterocycles. The van der Waals surface area contributed by atoms with Crippen molar-refractivity contribution in [3.63, 3.8) is 0 Å². The highest BCUT2D eigenvalue weighted by molar-refractivity contribution is 7.16. The van der Waals surface area contributed by atoms with Gasteiger partial charge < -0.3 is 14.8 Å². The van der Waals surface area contributed by atoms with Crippen molar-refractivity contribution in [2.75, 3.05) is 18.5 Å². The predicted octanol–water partition coefficient (Wildman–Crippen LogP) is 6.66. The molecule has 1 amide bonds. The van der Waals surface area contributed by atoms with Crippen LogP contribution in [0.3, 0.4) is 0 Å². The van der Waals surface area contributed by atoms with Gasteiger partial charge in [0.15, 0.2) is 0 Å². The number of esters is 1. The Balaban J connectivity index is 1.76. The summed E-state index contributed by atoms with van der Waals surface area (Å²) >= 11 is 1.39. The molecule has 35 heavy (non-hydrogen) atoms. The second-order valence-electron chi connectivity index (χ2n) is 7.90. The van der Waals surface area contributed by atoms with Crippen molar-refractivity contribution < 1.29 is 19.1 Å². The van der Waals surface area contributed by atoms with E-state index >= 15 is 0 Å². The zero-order chi connectivity index (χ0) is 24.9. The van der Waals surface area contributed by atoms with Gasteiger partial charge in [0.1, 0.15) is 10.8 Å². The van der Waals surface area contributed by atoms with Crippen molar-refractivity contribution in [2.24, 2.45) is 0 Å². The van der Waals surface area contributed by atoms with Crippen LogP contribution in [0.1, 0.15) is 51.9 Å². The molecule has 2 heterocycles. The molecule has 1 N–H and O–H groups in total. The average molecular weight is 489 g/mol. The van der Waals surface area contributed by atoms with Crippen LogP contribution in [-0.4, -0.2) is 30.1 Å². The van der Waals surface area contributed by atoms with Gasteiger partial charge in [-0.2, -0.15) is 0 Å². The standard InChI is InChI=1S/C28H28N2O4S/c1-5-20-17(4)35-27(25(20)28(32)34-7-3)30-26(31)22-16-24(29-23-11-9-8-10-21(22)23)18-12-14-19(15-13-18)33-6-2/h8-16H,5-7H2,1-4H3,(H,30,31). The van der Waals surface area contributed by atoms with Crippen molar-refractivity contribution in [2.45, 2.75) is 34.1 Å². The first-order valence-corrected chi connectivity index (χ1v) is 12.5. The average Bonchev–Trinajstić information content (AvgIpc) is 3.18. The Labute approximate surface area is 208 Å². The quantitative estimate of drug-likeness (QED) is 0.281. The van der Waals surface area contributed by atoms with E-state index < -0.39 is 5.97 Å². The van der Waals surface area contributed by atoms with E-state index in [1.807, 2.05) is 69.3 Å². The highest BCUT2D eigenvalue weighted by Crippen LogP contribution is 2.35. The van der Waals surface area contributed by atoms with Crippen LogP contribution < -0.4 is 10.1 Å². The van der Waals surface area contributed by atoms with Crippen LogP contribution in [0.2, 0.25) is 0 Å². The zero-order valence-electron chi connectivity index (χ0n) is 20.3. The minimum atomic E-state index is -0.418. The minimum Gasteiger partial charge on any atom is -0.494 e. The number of hydrogen-bond acceptors (Lipinski definition) is 6. The molecule has 2 aromatic carbocycles. The number of nitrogens with zero attached hydrogens (tertiary/aromatic N) is 1. The molecule has 0 aliphatic carbocycles. The molecule has 0 bridgehead atoms. The third-order valence-corrected chi connectivity index (χ3v) is 6.75. The number of thiophene rings is 1. The Bertz CT molecular complexity index is 1380. The molecule has 7 heteroatoms. The highest BCUT2D eigenvalue weighted by atomic mass is 32.1. The van der Waals surface area contributed by atoms with Gasteiger partial charge in [-0.15, -0.1) is 11.3 Å². The lowest BCUT2D eigenvalue weighted by Gasteiger charge is -2.12. The molecule has 6 nitrogen and oxygen atoms in total. The Kier molecular flexibility index (Phi) is 7.46. The fraction of sp³-hybridized carbons (Fsp3) is 0.250. The molecule has 0 fully saturated rings. The number of hydrogen-bond donors (Lipinski definition) is 1. The number of amides is 1. The molecule has 0 atom stereocenters. The van der Waals surface area contributed by atoms with Crippen LogP contribution in [0.5, 0.6) is 5.75 Å². The van der Waals surface area contributed by atoms with Crippen molar-refractivity contribution in [1.29, 1.82) is 0 Å². The second kappa shape index (κ2) is 10.7. The van der Waals surface area contributed by atoms with Gasteiger partial charge in [-0.1, -0.05) is 25.1 Å². The molecule has 2 aromatic heterocycles. The van der Waals surface area contributed by atoms with Gasteiger partial charge in [0.05, 0.1) is 35.6 Å². The van der Waals surface area contributed by atoms with Gasteiger partial charge >= 0.3 is 5.97 Å². The van der Waals surface area contributed by atoms with Crippen molar-refractivity contribution >= 4 is 39.1 Å². The van der Waals surface area contributed by atoms with Crippen LogP contribution >= 0.6 is 11.3 Å². The van der Waals surface area contributed by atoms with Crippen LogP contribution in [0.15, 0.2) is 54.6 Å². The van der Waals surface area contributed by atoms with Crippen molar-refractivity contribution in [3.05, 3.63) is 76.2 Å². The summed E-state index contributed by atoms with van der Waals surface area (Å²) in [6.45, 7) is 8.51. The fourth-order valence-electron chi connectivity index (χ4n) is 4.08. The molecule has 180 valence electrons. The summed E-state index contributed by atoms with van der Waals surface area (Å²) in [5.74, 6) is 0.0604. The van der Waals surface area contributed by atoms with Gasteiger partial charge in [0.2, 0.25) is 0 Å². The first-order valence-electron chi connectivity index (χ1n) is 11.7. The summed E-state index contributed by atoms with van der Waals surface area (Å²) in [6.07, 6.45) is 0.673. The van der Waals surface area contributed by atoms with Gasteiger partial charge in [-0.3, -0.25) is 4.79 Å². The molecule has 0 spiro atoms. The van der Waals surface area contributed by atoms with E-state index in [9.17, 15) is 9.59 Å².